The summed E-state index contributed by atoms with van der Waals surface area (Å²) in [6.45, 7) is 5.72. The maximum Gasteiger partial charge on any atom is 0.274 e. The lowest BCUT2D eigenvalue weighted by molar-refractivity contribution is 0.0595. The molecular weight excluding hydrogens is 320 g/mol. The summed E-state index contributed by atoms with van der Waals surface area (Å²) >= 11 is 1.88. The van der Waals surface area contributed by atoms with Crippen molar-refractivity contribution < 1.29 is 4.79 Å². The molecule has 0 aromatic carbocycles. The van der Waals surface area contributed by atoms with Crippen molar-refractivity contribution in [3.05, 3.63) is 45.7 Å². The fraction of sp³-hybridized carbons (Fsp3) is 0.500. The molecule has 6 heteroatoms. The van der Waals surface area contributed by atoms with Crippen molar-refractivity contribution in [2.75, 3.05) is 19.6 Å². The Morgan fingerprint density at radius 2 is 2.04 bits per heavy atom. The van der Waals surface area contributed by atoms with Gasteiger partial charge in [-0.1, -0.05) is 0 Å². The van der Waals surface area contributed by atoms with E-state index in [2.05, 4.69) is 26.3 Å². The minimum Gasteiger partial charge on any atom is -0.337 e. The highest BCUT2D eigenvalue weighted by atomic mass is 32.1. The number of aryl methyl sites for hydroxylation is 1. The molecule has 1 saturated heterocycles. The average Bonchev–Trinajstić information content (AvgIpc) is 3.09. The number of hydrogen-bond donors (Lipinski definition) is 0. The van der Waals surface area contributed by atoms with E-state index in [1.165, 1.54) is 12.0 Å². The second kappa shape index (κ2) is 6.61. The van der Waals surface area contributed by atoms with Crippen LogP contribution >= 0.6 is 11.3 Å². The number of carbonyl (C=O) groups is 1. The molecule has 2 aromatic heterocycles. The van der Waals surface area contributed by atoms with E-state index in [0.717, 1.165) is 44.7 Å². The van der Waals surface area contributed by atoms with Gasteiger partial charge >= 0.3 is 0 Å². The van der Waals surface area contributed by atoms with Gasteiger partial charge in [-0.2, -0.15) is 0 Å². The molecule has 0 unspecified atom stereocenters. The molecule has 24 heavy (non-hydrogen) atoms. The maximum absolute atomic E-state index is 12.5. The zero-order chi connectivity index (χ0) is 16.5. The lowest BCUT2D eigenvalue weighted by atomic mass is 9.99. The third-order valence-electron chi connectivity index (χ3n) is 5.11. The summed E-state index contributed by atoms with van der Waals surface area (Å²) in [6, 6.07) is 2.85. The summed E-state index contributed by atoms with van der Waals surface area (Å²) < 4.78 is 0. The Morgan fingerprint density at radius 1 is 1.21 bits per heavy atom. The number of carbonyl (C=O) groups excluding carboxylic acids is 1. The summed E-state index contributed by atoms with van der Waals surface area (Å²) in [7, 11) is 0. The number of likely N-dealkylation sites (tertiary alicyclic amines) is 1. The average molecular weight is 342 g/mol. The number of fused-ring (bicyclic) bond motifs is 1. The molecule has 4 rings (SSSR count). The highest BCUT2D eigenvalue weighted by molar-refractivity contribution is 7.10. The monoisotopic (exact) mass is 342 g/mol. The number of amides is 1. The molecule has 4 heterocycles. The molecule has 0 radical (unpaired) electrons. The summed E-state index contributed by atoms with van der Waals surface area (Å²) in [6.07, 6.45) is 6.51. The summed E-state index contributed by atoms with van der Waals surface area (Å²) in [4.78, 5) is 27.0. The van der Waals surface area contributed by atoms with E-state index in [0.29, 0.717) is 11.7 Å². The zero-order valence-electron chi connectivity index (χ0n) is 13.9. The molecule has 2 aliphatic rings. The van der Waals surface area contributed by atoms with Crippen molar-refractivity contribution >= 4 is 17.2 Å². The molecule has 0 atom stereocenters. The molecule has 0 bridgehead atoms. The zero-order valence-corrected chi connectivity index (χ0v) is 14.8. The predicted molar refractivity (Wildman–Crippen MR) is 94.1 cm³/mol. The van der Waals surface area contributed by atoms with Crippen LogP contribution in [-0.2, 0) is 13.0 Å². The van der Waals surface area contributed by atoms with Crippen LogP contribution in [0.25, 0.3) is 0 Å². The Hall–Kier alpha value is -1.79. The molecule has 126 valence electrons. The van der Waals surface area contributed by atoms with Gasteiger partial charge in [-0.15, -0.1) is 11.3 Å². The quantitative estimate of drug-likeness (QED) is 0.841. The molecule has 5 nitrogen and oxygen atoms in total. The standard InChI is InChI=1S/C18H22N4OS/c1-13-10-20-16(11-19-13)18(23)21-6-2-15(3-7-21)22-8-4-17-14(12-22)5-9-24-17/h5,9-11,15H,2-4,6-8,12H2,1H3. The summed E-state index contributed by atoms with van der Waals surface area (Å²) in [5.41, 5.74) is 2.79. The molecule has 2 aliphatic heterocycles. The van der Waals surface area contributed by atoms with Gasteiger partial charge in [0.25, 0.3) is 5.91 Å². The first-order chi connectivity index (χ1) is 11.7. The summed E-state index contributed by atoms with van der Waals surface area (Å²) in [5, 5.41) is 2.21. The number of hydrogen-bond acceptors (Lipinski definition) is 5. The van der Waals surface area contributed by atoms with Gasteiger partial charge in [0.2, 0.25) is 0 Å². The second-order valence-electron chi connectivity index (χ2n) is 6.66. The Balaban J connectivity index is 1.35. The Kier molecular flexibility index (Phi) is 4.33. The predicted octanol–water partition coefficient (Wildman–Crippen LogP) is 2.51. The first-order valence-corrected chi connectivity index (χ1v) is 9.46. The number of nitrogens with zero attached hydrogens (tertiary/aromatic N) is 4. The topological polar surface area (TPSA) is 49.3 Å². The van der Waals surface area contributed by atoms with Gasteiger partial charge in [0.15, 0.2) is 0 Å². The molecule has 1 amide bonds. The second-order valence-corrected chi connectivity index (χ2v) is 7.66. The molecule has 0 saturated carbocycles. The third-order valence-corrected chi connectivity index (χ3v) is 6.13. The van der Waals surface area contributed by atoms with Crippen LogP contribution in [-0.4, -0.2) is 51.4 Å². The molecule has 0 spiro atoms. The van der Waals surface area contributed by atoms with Gasteiger partial charge in [-0.3, -0.25) is 14.7 Å². The van der Waals surface area contributed by atoms with Crippen molar-refractivity contribution in [3.8, 4) is 0 Å². The van der Waals surface area contributed by atoms with E-state index < -0.39 is 0 Å². The normalized spacial score (nSPS) is 19.3. The van der Waals surface area contributed by atoms with Crippen LogP contribution in [0.2, 0.25) is 0 Å². The van der Waals surface area contributed by atoms with Crippen LogP contribution in [0.1, 0.15) is 39.5 Å². The SMILES string of the molecule is Cc1cnc(C(=O)N2CCC(N3CCc4sccc4C3)CC2)cn1. The van der Waals surface area contributed by atoms with E-state index in [1.54, 1.807) is 17.3 Å². The highest BCUT2D eigenvalue weighted by Crippen LogP contribution is 2.28. The Bertz CT molecular complexity index is 719. The van der Waals surface area contributed by atoms with Crippen molar-refractivity contribution in [1.82, 2.24) is 19.8 Å². The first kappa shape index (κ1) is 15.7. The lowest BCUT2D eigenvalue weighted by Gasteiger charge is -2.40. The fourth-order valence-electron chi connectivity index (χ4n) is 3.68. The van der Waals surface area contributed by atoms with Gasteiger partial charge < -0.3 is 4.90 Å². The minimum absolute atomic E-state index is 0.0136. The van der Waals surface area contributed by atoms with E-state index in [9.17, 15) is 4.79 Å². The van der Waals surface area contributed by atoms with Gasteiger partial charge in [0.1, 0.15) is 5.69 Å². The van der Waals surface area contributed by atoms with Crippen LogP contribution in [0.5, 0.6) is 0 Å². The number of thiophene rings is 1. The van der Waals surface area contributed by atoms with Crippen LogP contribution < -0.4 is 0 Å². The van der Waals surface area contributed by atoms with Crippen LogP contribution in [0.15, 0.2) is 23.8 Å². The van der Waals surface area contributed by atoms with Gasteiger partial charge in [0.05, 0.1) is 11.9 Å². The molecular formula is C18H22N4OS. The van der Waals surface area contributed by atoms with Crippen molar-refractivity contribution in [2.45, 2.75) is 38.8 Å². The van der Waals surface area contributed by atoms with E-state index in [4.69, 9.17) is 0 Å². The first-order valence-electron chi connectivity index (χ1n) is 8.58. The molecule has 1 fully saturated rings. The van der Waals surface area contributed by atoms with Gasteiger partial charge in [0, 0.05) is 43.3 Å². The third kappa shape index (κ3) is 3.08. The largest absolute Gasteiger partial charge is 0.337 e. The maximum atomic E-state index is 12.5. The van der Waals surface area contributed by atoms with Crippen molar-refractivity contribution in [3.63, 3.8) is 0 Å². The smallest absolute Gasteiger partial charge is 0.274 e. The highest BCUT2D eigenvalue weighted by Gasteiger charge is 2.29. The Labute approximate surface area is 146 Å². The van der Waals surface area contributed by atoms with Crippen LogP contribution in [0, 0.1) is 6.92 Å². The molecule has 0 N–H and O–H groups in total. The molecule has 0 aliphatic carbocycles. The van der Waals surface area contributed by atoms with Crippen molar-refractivity contribution in [1.29, 1.82) is 0 Å². The van der Waals surface area contributed by atoms with Gasteiger partial charge in [-0.05, 0) is 43.2 Å². The van der Waals surface area contributed by atoms with E-state index in [-0.39, 0.29) is 5.91 Å². The number of piperidine rings is 1. The minimum atomic E-state index is 0.0136. The fourth-order valence-corrected chi connectivity index (χ4v) is 4.57. The summed E-state index contributed by atoms with van der Waals surface area (Å²) in [5.74, 6) is 0.0136. The van der Waals surface area contributed by atoms with Crippen LogP contribution in [0.4, 0.5) is 0 Å². The van der Waals surface area contributed by atoms with E-state index in [1.807, 2.05) is 23.2 Å². The van der Waals surface area contributed by atoms with Crippen LogP contribution in [0.3, 0.4) is 0 Å². The number of rotatable bonds is 2. The van der Waals surface area contributed by atoms with Crippen molar-refractivity contribution in [2.24, 2.45) is 0 Å². The lowest BCUT2D eigenvalue weighted by Crippen LogP contribution is -2.48. The number of aromatic nitrogens is 2. The molecule has 2 aromatic rings. The Morgan fingerprint density at radius 3 is 2.79 bits per heavy atom. The van der Waals surface area contributed by atoms with Gasteiger partial charge in [-0.25, -0.2) is 4.98 Å². The van der Waals surface area contributed by atoms with E-state index >= 15 is 0 Å².